The topological polar surface area (TPSA) is 56.3 Å². The molecular weight excluding hydrogens is 392 g/mol. The number of nitrogens with one attached hydrogen (secondary N) is 2. The Kier molecular flexibility index (Phi) is 7.00. The maximum atomic E-state index is 5.52. The number of hydrogen-bond acceptors (Lipinski definition) is 5. The average Bonchev–Trinajstić information content (AvgIpc) is 2.79. The van der Waals surface area contributed by atoms with Crippen LogP contribution in [0.5, 0.6) is 0 Å². The summed E-state index contributed by atoms with van der Waals surface area (Å²) in [5, 5.41) is 7.04. The molecule has 7 heteroatoms. The minimum absolute atomic E-state index is 0.549. The van der Waals surface area contributed by atoms with Crippen LogP contribution in [0.25, 0.3) is 0 Å². The van der Waals surface area contributed by atoms with Gasteiger partial charge in [-0.1, -0.05) is 37.3 Å². The quantitative estimate of drug-likeness (QED) is 0.698. The van der Waals surface area contributed by atoms with E-state index in [9.17, 15) is 0 Å². The van der Waals surface area contributed by atoms with E-state index >= 15 is 0 Å². The van der Waals surface area contributed by atoms with Crippen LogP contribution < -0.4 is 20.4 Å². The molecule has 160 valence electrons. The number of thiocarbonyl (C=S) groups is 1. The van der Waals surface area contributed by atoms with E-state index < -0.39 is 0 Å². The van der Waals surface area contributed by atoms with Crippen molar-refractivity contribution in [1.29, 1.82) is 0 Å². The number of nitrogens with zero attached hydrogens (tertiary/aromatic N) is 4. The van der Waals surface area contributed by atoms with Crippen LogP contribution in [0.3, 0.4) is 0 Å². The highest BCUT2D eigenvalue weighted by atomic mass is 32.1. The highest BCUT2D eigenvalue weighted by Gasteiger charge is 2.21. The van der Waals surface area contributed by atoms with Crippen LogP contribution in [0.2, 0.25) is 0 Å². The fraction of sp³-hybridized carbons (Fsp3) is 0.522. The fourth-order valence-corrected chi connectivity index (χ4v) is 4.41. The summed E-state index contributed by atoms with van der Waals surface area (Å²) in [5.74, 6) is 3.28. The Hall–Kier alpha value is -2.41. The molecule has 0 bridgehead atoms. The molecule has 2 aliphatic rings. The third kappa shape index (κ3) is 5.59. The van der Waals surface area contributed by atoms with Gasteiger partial charge in [0.2, 0.25) is 5.95 Å². The van der Waals surface area contributed by atoms with Crippen LogP contribution in [0, 0.1) is 5.92 Å². The molecule has 2 saturated heterocycles. The van der Waals surface area contributed by atoms with E-state index in [0.29, 0.717) is 23.5 Å². The minimum Gasteiger partial charge on any atom is -0.358 e. The molecule has 0 spiro atoms. The Balaban J connectivity index is 1.50. The molecule has 0 aliphatic carbocycles. The van der Waals surface area contributed by atoms with E-state index in [1.807, 2.05) is 18.2 Å². The molecule has 4 rings (SSSR count). The van der Waals surface area contributed by atoms with Gasteiger partial charge in [0.1, 0.15) is 11.6 Å². The molecule has 2 aliphatic heterocycles. The van der Waals surface area contributed by atoms with Crippen molar-refractivity contribution in [2.24, 2.45) is 5.92 Å². The first-order valence-corrected chi connectivity index (χ1v) is 11.6. The zero-order valence-corrected chi connectivity index (χ0v) is 18.6. The Morgan fingerprint density at radius 2 is 1.70 bits per heavy atom. The summed E-state index contributed by atoms with van der Waals surface area (Å²) in [6.45, 7) is 7.21. The van der Waals surface area contributed by atoms with E-state index in [4.69, 9.17) is 22.2 Å². The first kappa shape index (κ1) is 20.8. The summed E-state index contributed by atoms with van der Waals surface area (Å²) < 4.78 is 0. The van der Waals surface area contributed by atoms with Gasteiger partial charge < -0.3 is 20.4 Å². The van der Waals surface area contributed by atoms with Crippen LogP contribution in [-0.4, -0.2) is 41.3 Å². The van der Waals surface area contributed by atoms with Crippen molar-refractivity contribution in [2.45, 2.75) is 45.6 Å². The monoisotopic (exact) mass is 424 g/mol. The Morgan fingerprint density at radius 3 is 2.43 bits per heavy atom. The second-order valence-corrected chi connectivity index (χ2v) is 8.85. The number of piperidine rings is 2. The van der Waals surface area contributed by atoms with Gasteiger partial charge in [-0.15, -0.1) is 0 Å². The second-order valence-electron chi connectivity index (χ2n) is 8.44. The van der Waals surface area contributed by atoms with Crippen molar-refractivity contribution in [1.82, 2.24) is 15.3 Å². The van der Waals surface area contributed by atoms with Gasteiger partial charge >= 0.3 is 0 Å². The maximum Gasteiger partial charge on any atom is 0.232 e. The van der Waals surface area contributed by atoms with E-state index in [2.05, 4.69) is 45.6 Å². The third-order valence-electron chi connectivity index (χ3n) is 5.88. The van der Waals surface area contributed by atoms with Gasteiger partial charge in [0.25, 0.3) is 0 Å². The van der Waals surface area contributed by atoms with Crippen molar-refractivity contribution in [3.8, 4) is 0 Å². The normalized spacial score (nSPS) is 19.4. The van der Waals surface area contributed by atoms with Crippen LogP contribution >= 0.6 is 12.2 Å². The first-order chi connectivity index (χ1) is 14.7. The van der Waals surface area contributed by atoms with Crippen molar-refractivity contribution >= 4 is 34.9 Å². The van der Waals surface area contributed by atoms with E-state index in [-0.39, 0.29) is 0 Å². The first-order valence-electron chi connectivity index (χ1n) is 11.1. The standard InChI is InChI=1S/C23H32N6S/c1-18-9-8-14-29(17-18)21-15-20(28-12-6-3-7-13-28)25-22(26-21)27-23(30)24-16-19-10-4-2-5-11-19/h2,4-5,10-11,15,18H,3,6-9,12-14,16-17H2,1H3,(H2,24,25,26,27,30). The van der Waals surface area contributed by atoms with Gasteiger partial charge in [0, 0.05) is 38.8 Å². The number of hydrogen-bond donors (Lipinski definition) is 2. The van der Waals surface area contributed by atoms with E-state index in [0.717, 1.165) is 37.8 Å². The molecule has 1 unspecified atom stereocenters. The lowest BCUT2D eigenvalue weighted by Crippen LogP contribution is -2.36. The molecule has 6 nitrogen and oxygen atoms in total. The zero-order chi connectivity index (χ0) is 20.8. The van der Waals surface area contributed by atoms with Crippen molar-refractivity contribution in [2.75, 3.05) is 41.3 Å². The number of anilines is 3. The largest absolute Gasteiger partial charge is 0.358 e. The van der Waals surface area contributed by atoms with E-state index in [1.54, 1.807) is 0 Å². The Bertz CT molecular complexity index is 837. The molecule has 3 heterocycles. The van der Waals surface area contributed by atoms with Crippen LogP contribution in [0.15, 0.2) is 36.4 Å². The van der Waals surface area contributed by atoms with Crippen molar-refractivity contribution in [3.05, 3.63) is 42.0 Å². The van der Waals surface area contributed by atoms with Crippen LogP contribution in [0.4, 0.5) is 17.6 Å². The van der Waals surface area contributed by atoms with Gasteiger partial charge in [-0.3, -0.25) is 0 Å². The molecule has 2 fully saturated rings. The number of benzene rings is 1. The average molecular weight is 425 g/mol. The van der Waals surface area contributed by atoms with Crippen LogP contribution in [-0.2, 0) is 6.54 Å². The van der Waals surface area contributed by atoms with Gasteiger partial charge in [-0.05, 0) is 55.8 Å². The summed E-state index contributed by atoms with van der Waals surface area (Å²) in [4.78, 5) is 14.4. The zero-order valence-electron chi connectivity index (χ0n) is 17.8. The predicted octanol–water partition coefficient (Wildman–Crippen LogP) is 4.19. The summed E-state index contributed by atoms with van der Waals surface area (Å²) >= 11 is 5.52. The lowest BCUT2D eigenvalue weighted by Gasteiger charge is -2.33. The summed E-state index contributed by atoms with van der Waals surface area (Å²) in [6, 6.07) is 12.4. The van der Waals surface area contributed by atoms with Gasteiger partial charge in [0.15, 0.2) is 5.11 Å². The summed E-state index contributed by atoms with van der Waals surface area (Å²) in [6.07, 6.45) is 6.25. The van der Waals surface area contributed by atoms with Crippen molar-refractivity contribution < 1.29 is 0 Å². The van der Waals surface area contributed by atoms with Gasteiger partial charge in [-0.2, -0.15) is 9.97 Å². The smallest absolute Gasteiger partial charge is 0.232 e. The molecule has 1 atom stereocenters. The SMILES string of the molecule is CC1CCCN(c2cc(N3CCCCC3)nc(NC(=S)NCc3ccccc3)n2)C1. The molecule has 1 aromatic heterocycles. The summed E-state index contributed by atoms with van der Waals surface area (Å²) in [5.41, 5.74) is 1.19. The maximum absolute atomic E-state index is 5.52. The van der Waals surface area contributed by atoms with Gasteiger partial charge in [0.05, 0.1) is 0 Å². The minimum atomic E-state index is 0.549. The lowest BCUT2D eigenvalue weighted by atomic mass is 10.0. The molecule has 0 saturated carbocycles. The second kappa shape index (κ2) is 10.1. The third-order valence-corrected chi connectivity index (χ3v) is 6.13. The molecule has 1 aromatic carbocycles. The Morgan fingerprint density at radius 1 is 1.00 bits per heavy atom. The van der Waals surface area contributed by atoms with E-state index in [1.165, 1.54) is 37.7 Å². The molecule has 2 N–H and O–H groups in total. The lowest BCUT2D eigenvalue weighted by molar-refractivity contribution is 0.444. The number of rotatable bonds is 5. The molecule has 0 amide bonds. The Labute approximate surface area is 185 Å². The highest BCUT2D eigenvalue weighted by Crippen LogP contribution is 2.27. The molecule has 2 aromatic rings. The number of aromatic nitrogens is 2. The highest BCUT2D eigenvalue weighted by molar-refractivity contribution is 7.80. The molecule has 30 heavy (non-hydrogen) atoms. The summed E-state index contributed by atoms with van der Waals surface area (Å²) in [7, 11) is 0. The van der Waals surface area contributed by atoms with Gasteiger partial charge in [-0.25, -0.2) is 0 Å². The van der Waals surface area contributed by atoms with Crippen LogP contribution in [0.1, 0.15) is 44.6 Å². The predicted molar refractivity (Wildman–Crippen MR) is 128 cm³/mol. The molecular formula is C23H32N6S. The fourth-order valence-electron chi connectivity index (χ4n) is 4.25. The van der Waals surface area contributed by atoms with Crippen molar-refractivity contribution in [3.63, 3.8) is 0 Å². The molecule has 0 radical (unpaired) electrons.